The molecule has 0 aromatic carbocycles. The molecule has 0 aliphatic rings. The Kier molecular flexibility index (Phi) is 4.16. The highest BCUT2D eigenvalue weighted by molar-refractivity contribution is 6.76. The normalized spacial score (nSPS) is 12.0. The Bertz CT molecular complexity index is 283. The lowest BCUT2D eigenvalue weighted by Crippen LogP contribution is -2.22. The first kappa shape index (κ1) is 11.7. The highest BCUT2D eigenvalue weighted by atomic mass is 35.5. The molecule has 0 fully saturated rings. The molecule has 0 radical (unpaired) electrons. The standard InChI is InChI=1S/C9H17ClN2OSi/c1-14(2,3)7-6-13-8-12-5-4-9(10)11-12/h4-5H,6-8H2,1-3H3. The van der Waals surface area contributed by atoms with Crippen LogP contribution < -0.4 is 0 Å². The van der Waals surface area contributed by atoms with Crippen molar-refractivity contribution in [3.63, 3.8) is 0 Å². The van der Waals surface area contributed by atoms with E-state index >= 15 is 0 Å². The van der Waals surface area contributed by atoms with Gasteiger partial charge in [0, 0.05) is 20.9 Å². The molecular weight excluding hydrogens is 216 g/mol. The van der Waals surface area contributed by atoms with E-state index in [-0.39, 0.29) is 0 Å². The van der Waals surface area contributed by atoms with Gasteiger partial charge >= 0.3 is 0 Å². The van der Waals surface area contributed by atoms with Gasteiger partial charge in [0.15, 0.2) is 5.15 Å². The van der Waals surface area contributed by atoms with Gasteiger partial charge in [0.05, 0.1) is 0 Å². The molecule has 3 nitrogen and oxygen atoms in total. The van der Waals surface area contributed by atoms with E-state index in [1.54, 1.807) is 10.7 Å². The van der Waals surface area contributed by atoms with Crippen LogP contribution in [-0.2, 0) is 11.5 Å². The van der Waals surface area contributed by atoms with E-state index in [0.717, 1.165) is 6.61 Å². The van der Waals surface area contributed by atoms with Crippen molar-refractivity contribution in [3.8, 4) is 0 Å². The maximum absolute atomic E-state index is 5.67. The van der Waals surface area contributed by atoms with Gasteiger partial charge in [0.25, 0.3) is 0 Å². The van der Waals surface area contributed by atoms with Gasteiger partial charge in [0.1, 0.15) is 6.73 Å². The van der Waals surface area contributed by atoms with Gasteiger partial charge in [-0.2, -0.15) is 5.10 Å². The van der Waals surface area contributed by atoms with Crippen molar-refractivity contribution in [2.75, 3.05) is 6.61 Å². The van der Waals surface area contributed by atoms with Gasteiger partial charge in [-0.15, -0.1) is 0 Å². The van der Waals surface area contributed by atoms with Crippen molar-refractivity contribution >= 4 is 19.7 Å². The van der Waals surface area contributed by atoms with E-state index in [9.17, 15) is 0 Å². The van der Waals surface area contributed by atoms with E-state index in [0.29, 0.717) is 11.9 Å². The summed E-state index contributed by atoms with van der Waals surface area (Å²) in [4.78, 5) is 0. The number of halogens is 1. The number of hydrogen-bond acceptors (Lipinski definition) is 2. The van der Waals surface area contributed by atoms with Crippen LogP contribution in [0.4, 0.5) is 0 Å². The molecule has 1 aromatic heterocycles. The fourth-order valence-electron chi connectivity index (χ4n) is 0.945. The molecule has 1 rings (SSSR count). The van der Waals surface area contributed by atoms with E-state index < -0.39 is 8.07 Å². The fourth-order valence-corrected chi connectivity index (χ4v) is 1.86. The molecule has 0 aliphatic heterocycles. The van der Waals surface area contributed by atoms with Gasteiger partial charge < -0.3 is 4.74 Å². The molecule has 0 saturated carbocycles. The van der Waals surface area contributed by atoms with Crippen molar-refractivity contribution in [3.05, 3.63) is 17.4 Å². The van der Waals surface area contributed by atoms with Crippen molar-refractivity contribution in [1.82, 2.24) is 9.78 Å². The van der Waals surface area contributed by atoms with Gasteiger partial charge in [-0.1, -0.05) is 31.2 Å². The number of nitrogens with zero attached hydrogens (tertiary/aromatic N) is 2. The molecule has 0 atom stereocenters. The van der Waals surface area contributed by atoms with Crippen LogP contribution >= 0.6 is 11.6 Å². The lowest BCUT2D eigenvalue weighted by molar-refractivity contribution is 0.0786. The Morgan fingerprint density at radius 3 is 2.71 bits per heavy atom. The molecule has 0 aliphatic carbocycles. The molecule has 5 heteroatoms. The van der Waals surface area contributed by atoms with Crippen LogP contribution in [0.1, 0.15) is 0 Å². The van der Waals surface area contributed by atoms with Gasteiger partial charge in [0.2, 0.25) is 0 Å². The highest BCUT2D eigenvalue weighted by Gasteiger charge is 2.11. The van der Waals surface area contributed by atoms with Crippen LogP contribution in [0.3, 0.4) is 0 Å². The lowest BCUT2D eigenvalue weighted by atomic mass is 10.7. The average Bonchev–Trinajstić information content (AvgIpc) is 2.44. The summed E-state index contributed by atoms with van der Waals surface area (Å²) in [5.74, 6) is 0. The lowest BCUT2D eigenvalue weighted by Gasteiger charge is -2.15. The molecular formula is C9H17ClN2OSi. The average molecular weight is 233 g/mol. The molecule has 80 valence electrons. The number of ether oxygens (including phenoxy) is 1. The number of aromatic nitrogens is 2. The van der Waals surface area contributed by atoms with E-state index in [1.165, 1.54) is 6.04 Å². The summed E-state index contributed by atoms with van der Waals surface area (Å²) >= 11 is 5.67. The molecule has 0 saturated heterocycles. The first-order valence-corrected chi connectivity index (χ1v) is 8.82. The largest absolute Gasteiger partial charge is 0.360 e. The van der Waals surface area contributed by atoms with Gasteiger partial charge in [-0.05, 0) is 12.1 Å². The Hall–Kier alpha value is -0.323. The van der Waals surface area contributed by atoms with Gasteiger partial charge in [-0.3, -0.25) is 0 Å². The first-order chi connectivity index (χ1) is 6.47. The molecule has 1 aromatic rings. The highest BCUT2D eigenvalue weighted by Crippen LogP contribution is 2.08. The molecule has 1 heterocycles. The zero-order valence-electron chi connectivity index (χ0n) is 8.96. The molecule has 0 spiro atoms. The maximum atomic E-state index is 5.67. The summed E-state index contributed by atoms with van der Waals surface area (Å²) in [7, 11) is -0.971. The minimum atomic E-state index is -0.971. The van der Waals surface area contributed by atoms with E-state index in [1.807, 2.05) is 6.20 Å². The summed E-state index contributed by atoms with van der Waals surface area (Å²) < 4.78 is 7.19. The van der Waals surface area contributed by atoms with Crippen molar-refractivity contribution in [2.45, 2.75) is 32.4 Å². The smallest absolute Gasteiger partial charge is 0.151 e. The van der Waals surface area contributed by atoms with Crippen LogP contribution in [0.15, 0.2) is 12.3 Å². The summed E-state index contributed by atoms with van der Waals surface area (Å²) in [6, 6.07) is 2.94. The minimum Gasteiger partial charge on any atom is -0.360 e. The minimum absolute atomic E-state index is 0.497. The summed E-state index contributed by atoms with van der Waals surface area (Å²) in [5, 5.41) is 4.53. The van der Waals surface area contributed by atoms with Crippen molar-refractivity contribution < 1.29 is 4.74 Å². The molecule has 0 unspecified atom stereocenters. The summed E-state index contributed by atoms with van der Waals surface area (Å²) in [5.41, 5.74) is 0. The van der Waals surface area contributed by atoms with Crippen LogP contribution in [-0.4, -0.2) is 24.5 Å². The van der Waals surface area contributed by atoms with Crippen LogP contribution in [0, 0.1) is 0 Å². The third-order valence-electron chi connectivity index (χ3n) is 1.83. The second-order valence-corrected chi connectivity index (χ2v) is 10.5. The zero-order valence-corrected chi connectivity index (χ0v) is 10.7. The Balaban J connectivity index is 2.16. The Morgan fingerprint density at radius 1 is 1.50 bits per heavy atom. The third-order valence-corrected chi connectivity index (χ3v) is 3.73. The molecule has 0 bridgehead atoms. The molecule has 0 amide bonds. The van der Waals surface area contributed by atoms with E-state index in [2.05, 4.69) is 24.7 Å². The predicted octanol–water partition coefficient (Wildman–Crippen LogP) is 2.85. The monoisotopic (exact) mass is 232 g/mol. The fraction of sp³-hybridized carbons (Fsp3) is 0.667. The molecule has 14 heavy (non-hydrogen) atoms. The topological polar surface area (TPSA) is 27.1 Å². The third kappa shape index (κ3) is 4.79. The van der Waals surface area contributed by atoms with Crippen LogP contribution in [0.25, 0.3) is 0 Å². The SMILES string of the molecule is C[Si](C)(C)CCOCn1ccc(Cl)n1. The van der Waals surface area contributed by atoms with Crippen molar-refractivity contribution in [2.24, 2.45) is 0 Å². The first-order valence-electron chi connectivity index (χ1n) is 4.74. The quantitative estimate of drug-likeness (QED) is 0.577. The van der Waals surface area contributed by atoms with Crippen LogP contribution in [0.2, 0.25) is 30.8 Å². The second-order valence-electron chi connectivity index (χ2n) is 4.53. The summed E-state index contributed by atoms with van der Waals surface area (Å²) in [6.45, 7) is 8.31. The van der Waals surface area contributed by atoms with E-state index in [4.69, 9.17) is 16.3 Å². The number of rotatable bonds is 5. The molecule has 0 N–H and O–H groups in total. The predicted molar refractivity (Wildman–Crippen MR) is 61.3 cm³/mol. The Labute approximate surface area is 91.0 Å². The number of hydrogen-bond donors (Lipinski definition) is 0. The van der Waals surface area contributed by atoms with Crippen LogP contribution in [0.5, 0.6) is 0 Å². The Morgan fingerprint density at radius 2 is 2.21 bits per heavy atom. The zero-order chi connectivity index (χ0) is 10.6. The second kappa shape index (κ2) is 4.96. The maximum Gasteiger partial charge on any atom is 0.151 e. The van der Waals surface area contributed by atoms with Gasteiger partial charge in [-0.25, -0.2) is 4.68 Å². The summed E-state index contributed by atoms with van der Waals surface area (Å²) in [6.07, 6.45) is 1.82. The van der Waals surface area contributed by atoms with Crippen molar-refractivity contribution in [1.29, 1.82) is 0 Å².